The summed E-state index contributed by atoms with van der Waals surface area (Å²) < 4.78 is 18.5. The van der Waals surface area contributed by atoms with Crippen LogP contribution in [0.15, 0.2) is 21.9 Å². The van der Waals surface area contributed by atoms with Crippen LogP contribution in [0.4, 0.5) is 0 Å². The number of rotatable bonds is 7. The monoisotopic (exact) mass is 515 g/mol. The highest BCUT2D eigenvalue weighted by Crippen LogP contribution is 2.35. The van der Waals surface area contributed by atoms with Gasteiger partial charge in [-0.1, -0.05) is 0 Å². The maximum atomic E-state index is 12.3. The van der Waals surface area contributed by atoms with Crippen molar-refractivity contribution in [3.8, 4) is 0 Å². The third kappa shape index (κ3) is 5.39. The molecule has 36 heavy (non-hydrogen) atoms. The third-order valence-electron chi connectivity index (χ3n) is 6.81. The highest BCUT2D eigenvalue weighted by molar-refractivity contribution is 5.73. The number of carbonyl (C=O) groups is 1. The standard InChI is InChI=1S/C21H33N5O10/c1-8(27)24-9-2-4-23-10(6-9)17(36-20-16(32)13(29)11(7-22)34-20)18-14(30)15(31)19(35-18)26-5-3-12(28)25-21(26)33/h3,5,9-11,13-20,23,29-32H,2,4,6-7,22H2,1H3,(H,24,27)(H,25,28,33)/t9-,10-,11+,13+,14-,15+,16+,17-,18-,19+,20-/m0/s1. The van der Waals surface area contributed by atoms with Crippen LogP contribution in [0.2, 0.25) is 0 Å². The number of aromatic amines is 1. The van der Waals surface area contributed by atoms with Crippen molar-refractivity contribution >= 4 is 5.91 Å². The quantitative estimate of drug-likeness (QED) is 0.171. The molecule has 15 heteroatoms. The normalized spacial score (nSPS) is 39.7. The van der Waals surface area contributed by atoms with Crippen molar-refractivity contribution in [2.24, 2.45) is 5.73 Å². The van der Waals surface area contributed by atoms with Gasteiger partial charge in [-0.2, -0.15) is 0 Å². The summed E-state index contributed by atoms with van der Waals surface area (Å²) in [5.41, 5.74) is 4.11. The topological polar surface area (TPSA) is 231 Å². The van der Waals surface area contributed by atoms with Crippen LogP contribution >= 0.6 is 0 Å². The molecule has 0 radical (unpaired) electrons. The molecule has 3 aliphatic rings. The number of aliphatic hydroxyl groups excluding tert-OH is 4. The van der Waals surface area contributed by atoms with E-state index in [1.54, 1.807) is 0 Å². The van der Waals surface area contributed by atoms with E-state index >= 15 is 0 Å². The highest BCUT2D eigenvalue weighted by Gasteiger charge is 2.53. The Morgan fingerprint density at radius 3 is 2.61 bits per heavy atom. The summed E-state index contributed by atoms with van der Waals surface area (Å²) in [5.74, 6) is -0.216. The summed E-state index contributed by atoms with van der Waals surface area (Å²) >= 11 is 0. The summed E-state index contributed by atoms with van der Waals surface area (Å²) in [6, 6.07) is 0.291. The average molecular weight is 516 g/mol. The second kappa shape index (κ2) is 11.0. The van der Waals surface area contributed by atoms with Gasteiger partial charge in [0.2, 0.25) is 5.91 Å². The minimum atomic E-state index is -1.57. The molecule has 0 aromatic carbocycles. The Hall–Kier alpha value is -2.21. The summed E-state index contributed by atoms with van der Waals surface area (Å²) in [6.45, 7) is 1.80. The summed E-state index contributed by atoms with van der Waals surface area (Å²) in [4.78, 5) is 37.4. The van der Waals surface area contributed by atoms with Crippen molar-refractivity contribution in [2.75, 3.05) is 13.1 Å². The van der Waals surface area contributed by atoms with E-state index in [2.05, 4.69) is 15.6 Å². The molecule has 4 heterocycles. The number of nitrogens with two attached hydrogens (primary N) is 1. The number of piperidine rings is 1. The molecule has 4 rings (SSSR count). The van der Waals surface area contributed by atoms with Gasteiger partial charge < -0.3 is 51.0 Å². The Morgan fingerprint density at radius 1 is 1.22 bits per heavy atom. The van der Waals surface area contributed by atoms with Crippen LogP contribution < -0.4 is 27.6 Å². The maximum Gasteiger partial charge on any atom is 0.330 e. The Morgan fingerprint density at radius 2 is 1.97 bits per heavy atom. The zero-order valence-electron chi connectivity index (χ0n) is 19.6. The summed E-state index contributed by atoms with van der Waals surface area (Å²) in [7, 11) is 0. The molecule has 15 nitrogen and oxygen atoms in total. The lowest BCUT2D eigenvalue weighted by molar-refractivity contribution is -0.228. The molecular weight excluding hydrogens is 482 g/mol. The Labute approximate surface area is 205 Å². The van der Waals surface area contributed by atoms with Crippen LogP contribution in [0.1, 0.15) is 26.0 Å². The molecular formula is C21H33N5O10. The minimum absolute atomic E-state index is 0.0759. The van der Waals surface area contributed by atoms with E-state index in [0.717, 1.165) is 16.8 Å². The number of ether oxygens (including phenoxy) is 3. The van der Waals surface area contributed by atoms with Crippen LogP contribution in [0.5, 0.6) is 0 Å². The van der Waals surface area contributed by atoms with Crippen LogP contribution in [-0.2, 0) is 19.0 Å². The fourth-order valence-electron chi connectivity index (χ4n) is 5.01. The predicted octanol–water partition coefficient (Wildman–Crippen LogP) is -4.80. The molecule has 0 spiro atoms. The molecule has 1 amide bonds. The number of nitrogens with one attached hydrogen (secondary N) is 3. The first-order chi connectivity index (χ1) is 17.1. The molecule has 0 saturated carbocycles. The number of H-pyrrole nitrogens is 1. The number of amides is 1. The Balaban J connectivity index is 1.61. The van der Waals surface area contributed by atoms with E-state index in [-0.39, 0.29) is 18.5 Å². The van der Waals surface area contributed by atoms with Gasteiger partial charge in [0.1, 0.15) is 42.7 Å². The molecule has 202 valence electrons. The molecule has 0 bridgehead atoms. The van der Waals surface area contributed by atoms with Gasteiger partial charge in [0.05, 0.1) is 0 Å². The molecule has 3 fully saturated rings. The van der Waals surface area contributed by atoms with E-state index < -0.39 is 72.5 Å². The fraction of sp³-hybridized carbons (Fsp3) is 0.762. The second-order valence-corrected chi connectivity index (χ2v) is 9.33. The lowest BCUT2D eigenvalue weighted by atomic mass is 9.90. The van der Waals surface area contributed by atoms with Gasteiger partial charge in [0, 0.05) is 37.8 Å². The van der Waals surface area contributed by atoms with E-state index in [0.29, 0.717) is 19.4 Å². The number of hydrogen-bond donors (Lipinski definition) is 8. The SMILES string of the molecule is CC(=O)N[C@H]1CCN[C@H]([C@H](O[C@@H]2O[C@H](CN)[C@@H](O)[C@H]2O)[C@H]2O[C@@H](n3ccc(=O)[nH]c3=O)[C@H](O)[C@@H]2O)C1. The van der Waals surface area contributed by atoms with Crippen molar-refractivity contribution < 1.29 is 39.4 Å². The third-order valence-corrected chi connectivity index (χ3v) is 6.81. The number of carbonyl (C=O) groups excluding carboxylic acids is 1. The molecule has 0 aliphatic carbocycles. The zero-order valence-corrected chi connectivity index (χ0v) is 19.6. The molecule has 0 unspecified atom stereocenters. The van der Waals surface area contributed by atoms with Crippen molar-refractivity contribution in [1.82, 2.24) is 20.2 Å². The fourth-order valence-corrected chi connectivity index (χ4v) is 5.01. The number of nitrogens with zero attached hydrogens (tertiary/aromatic N) is 1. The van der Waals surface area contributed by atoms with Crippen LogP contribution in [-0.4, -0.2) is 110 Å². The van der Waals surface area contributed by atoms with Crippen LogP contribution in [0.25, 0.3) is 0 Å². The van der Waals surface area contributed by atoms with E-state index in [1.807, 2.05) is 0 Å². The minimum Gasteiger partial charge on any atom is -0.387 e. The summed E-state index contributed by atoms with van der Waals surface area (Å²) in [5, 5.41) is 48.4. The first-order valence-corrected chi connectivity index (χ1v) is 11.8. The van der Waals surface area contributed by atoms with Crippen LogP contribution in [0.3, 0.4) is 0 Å². The summed E-state index contributed by atoms with van der Waals surface area (Å²) in [6.07, 6.45) is -9.63. The second-order valence-electron chi connectivity index (χ2n) is 9.33. The van der Waals surface area contributed by atoms with E-state index in [1.165, 1.54) is 6.92 Å². The van der Waals surface area contributed by atoms with Crippen LogP contribution in [0, 0.1) is 0 Å². The number of hydrogen-bond acceptors (Lipinski definition) is 12. The zero-order chi connectivity index (χ0) is 26.1. The molecule has 3 aliphatic heterocycles. The van der Waals surface area contributed by atoms with Gasteiger partial charge in [-0.05, 0) is 19.4 Å². The van der Waals surface area contributed by atoms with Crippen molar-refractivity contribution in [1.29, 1.82) is 0 Å². The largest absolute Gasteiger partial charge is 0.387 e. The van der Waals surface area contributed by atoms with Gasteiger partial charge in [-0.15, -0.1) is 0 Å². The van der Waals surface area contributed by atoms with Crippen molar-refractivity contribution in [3.05, 3.63) is 33.1 Å². The van der Waals surface area contributed by atoms with E-state index in [4.69, 9.17) is 19.9 Å². The first-order valence-electron chi connectivity index (χ1n) is 11.8. The smallest absolute Gasteiger partial charge is 0.330 e. The predicted molar refractivity (Wildman–Crippen MR) is 120 cm³/mol. The Bertz CT molecular complexity index is 1030. The van der Waals surface area contributed by atoms with Crippen molar-refractivity contribution in [2.45, 2.75) is 87.1 Å². The molecule has 1 aromatic heterocycles. The van der Waals surface area contributed by atoms with Crippen molar-refractivity contribution in [3.63, 3.8) is 0 Å². The molecule has 11 atom stereocenters. The Kier molecular flexibility index (Phi) is 8.23. The van der Waals surface area contributed by atoms with Gasteiger partial charge in [0.25, 0.3) is 5.56 Å². The molecule has 3 saturated heterocycles. The van der Waals surface area contributed by atoms with Gasteiger partial charge >= 0.3 is 5.69 Å². The lowest BCUT2D eigenvalue weighted by Gasteiger charge is -2.39. The van der Waals surface area contributed by atoms with Gasteiger partial charge in [-0.25, -0.2) is 4.79 Å². The maximum absolute atomic E-state index is 12.3. The highest BCUT2D eigenvalue weighted by atomic mass is 16.7. The average Bonchev–Trinajstić information content (AvgIpc) is 3.27. The van der Waals surface area contributed by atoms with Gasteiger partial charge in [-0.3, -0.25) is 19.1 Å². The molecule has 1 aromatic rings. The first kappa shape index (κ1) is 26.8. The number of aliphatic hydroxyl groups is 4. The van der Waals surface area contributed by atoms with Gasteiger partial charge in [0.15, 0.2) is 12.5 Å². The lowest BCUT2D eigenvalue weighted by Crippen LogP contribution is -2.58. The molecule has 9 N–H and O–H groups in total. The van der Waals surface area contributed by atoms with E-state index in [9.17, 15) is 34.8 Å². The number of aromatic nitrogens is 2.